The molecule has 2 aromatic rings. The zero-order chi connectivity index (χ0) is 17.2. The number of hydrogen-bond donors (Lipinski definition) is 1. The molecule has 0 aliphatic heterocycles. The van der Waals surface area contributed by atoms with Crippen LogP contribution in [0.2, 0.25) is 0 Å². The molecule has 0 saturated heterocycles. The number of thioether (sulfide) groups is 1. The second-order valence-corrected chi connectivity index (χ2v) is 6.77. The van der Waals surface area contributed by atoms with E-state index >= 15 is 0 Å². The molecule has 5 nitrogen and oxygen atoms in total. The molecule has 1 N–H and O–H groups in total. The molecule has 130 valence electrons. The highest BCUT2D eigenvalue weighted by Gasteiger charge is 2.11. The van der Waals surface area contributed by atoms with Gasteiger partial charge in [-0.25, -0.2) is 0 Å². The van der Waals surface area contributed by atoms with E-state index in [2.05, 4.69) is 22.4 Å². The second-order valence-electron chi connectivity index (χ2n) is 5.82. The first-order valence-corrected chi connectivity index (χ1v) is 9.55. The van der Waals surface area contributed by atoms with Crippen molar-refractivity contribution in [2.45, 2.75) is 50.6 Å². The van der Waals surface area contributed by atoms with Crippen LogP contribution in [0.5, 0.6) is 0 Å². The number of benzene rings is 1. The Morgan fingerprint density at radius 3 is 2.62 bits per heavy atom. The number of carbonyl (C=O) groups excluding carboxylic acids is 1. The van der Waals surface area contributed by atoms with E-state index in [9.17, 15) is 4.79 Å². The topological polar surface area (TPSA) is 59.8 Å². The molecule has 1 amide bonds. The summed E-state index contributed by atoms with van der Waals surface area (Å²) in [5, 5.41) is 12.1. The molecule has 1 heterocycles. The standard InChI is InChI=1S/C18H26N4OS/c1-3-4-5-6-10-13-16-20-21-18(22(16)2)24-14-17(23)19-15-11-8-7-9-12-15/h7-9,11-12H,3-6,10,13-14H2,1-2H3,(H,19,23). The first-order chi connectivity index (χ1) is 11.7. The molecule has 1 aromatic heterocycles. The second kappa shape index (κ2) is 10.1. The van der Waals surface area contributed by atoms with E-state index in [1.807, 2.05) is 41.9 Å². The molecular formula is C18H26N4OS. The summed E-state index contributed by atoms with van der Waals surface area (Å²) in [6.07, 6.45) is 7.18. The Morgan fingerprint density at radius 2 is 1.88 bits per heavy atom. The van der Waals surface area contributed by atoms with Crippen molar-refractivity contribution < 1.29 is 4.79 Å². The van der Waals surface area contributed by atoms with Crippen molar-refractivity contribution in [1.29, 1.82) is 0 Å². The predicted molar refractivity (Wildman–Crippen MR) is 99.3 cm³/mol. The summed E-state index contributed by atoms with van der Waals surface area (Å²) in [5.41, 5.74) is 0.814. The van der Waals surface area contributed by atoms with Crippen LogP contribution in [0.15, 0.2) is 35.5 Å². The fraction of sp³-hybridized carbons (Fsp3) is 0.500. The number of rotatable bonds is 10. The van der Waals surface area contributed by atoms with E-state index < -0.39 is 0 Å². The number of amides is 1. The highest BCUT2D eigenvalue weighted by molar-refractivity contribution is 7.99. The van der Waals surface area contributed by atoms with Gasteiger partial charge in [-0.3, -0.25) is 4.79 Å². The Morgan fingerprint density at radius 1 is 1.12 bits per heavy atom. The highest BCUT2D eigenvalue weighted by Crippen LogP contribution is 2.17. The van der Waals surface area contributed by atoms with Crippen molar-refractivity contribution >= 4 is 23.4 Å². The lowest BCUT2D eigenvalue weighted by Gasteiger charge is -2.05. The minimum absolute atomic E-state index is 0.0321. The third-order valence-electron chi connectivity index (χ3n) is 3.82. The van der Waals surface area contributed by atoms with Gasteiger partial charge in [0.25, 0.3) is 0 Å². The highest BCUT2D eigenvalue weighted by atomic mass is 32.2. The Bertz CT molecular complexity index is 627. The van der Waals surface area contributed by atoms with Gasteiger partial charge in [0.15, 0.2) is 5.16 Å². The molecule has 1 aromatic carbocycles. The van der Waals surface area contributed by atoms with Crippen molar-refractivity contribution in [2.24, 2.45) is 7.05 Å². The number of aromatic nitrogens is 3. The zero-order valence-corrected chi connectivity index (χ0v) is 15.3. The molecule has 0 saturated carbocycles. The van der Waals surface area contributed by atoms with Gasteiger partial charge in [0.1, 0.15) is 5.82 Å². The Balaban J connectivity index is 1.75. The fourth-order valence-electron chi connectivity index (χ4n) is 2.42. The van der Waals surface area contributed by atoms with Crippen LogP contribution in [-0.2, 0) is 18.3 Å². The third kappa shape index (κ3) is 6.00. The number of nitrogens with one attached hydrogen (secondary N) is 1. The smallest absolute Gasteiger partial charge is 0.234 e. The molecular weight excluding hydrogens is 320 g/mol. The number of aryl methyl sites for hydroxylation is 1. The van der Waals surface area contributed by atoms with E-state index in [1.54, 1.807) is 0 Å². The zero-order valence-electron chi connectivity index (χ0n) is 14.5. The quantitative estimate of drug-likeness (QED) is 0.520. The monoisotopic (exact) mass is 346 g/mol. The number of nitrogens with zero attached hydrogens (tertiary/aromatic N) is 3. The van der Waals surface area contributed by atoms with Crippen LogP contribution in [0.25, 0.3) is 0 Å². The van der Waals surface area contributed by atoms with Gasteiger partial charge in [-0.15, -0.1) is 10.2 Å². The molecule has 0 aliphatic carbocycles. The van der Waals surface area contributed by atoms with E-state index in [4.69, 9.17) is 0 Å². The summed E-state index contributed by atoms with van der Waals surface area (Å²) >= 11 is 1.42. The van der Waals surface area contributed by atoms with Gasteiger partial charge in [-0.2, -0.15) is 0 Å². The summed E-state index contributed by atoms with van der Waals surface area (Å²) in [6, 6.07) is 9.48. The summed E-state index contributed by atoms with van der Waals surface area (Å²) in [6.45, 7) is 2.22. The fourth-order valence-corrected chi connectivity index (χ4v) is 3.15. The van der Waals surface area contributed by atoms with Crippen LogP contribution in [-0.4, -0.2) is 26.4 Å². The minimum atomic E-state index is -0.0321. The summed E-state index contributed by atoms with van der Waals surface area (Å²) in [4.78, 5) is 12.0. The lowest BCUT2D eigenvalue weighted by molar-refractivity contribution is -0.113. The number of para-hydroxylation sites is 1. The Hall–Kier alpha value is -1.82. The number of anilines is 1. The first kappa shape index (κ1) is 18.5. The molecule has 0 unspecified atom stereocenters. The van der Waals surface area contributed by atoms with Crippen molar-refractivity contribution in [3.05, 3.63) is 36.2 Å². The third-order valence-corrected chi connectivity index (χ3v) is 4.84. The van der Waals surface area contributed by atoms with Gasteiger partial charge in [-0.05, 0) is 18.6 Å². The number of carbonyl (C=O) groups is 1. The van der Waals surface area contributed by atoms with Crippen molar-refractivity contribution in [3.8, 4) is 0 Å². The Kier molecular flexibility index (Phi) is 7.82. The molecule has 0 spiro atoms. The summed E-state index contributed by atoms with van der Waals surface area (Å²) < 4.78 is 2.00. The maximum absolute atomic E-state index is 12.0. The van der Waals surface area contributed by atoms with Gasteiger partial charge in [-0.1, -0.05) is 62.6 Å². The molecule has 6 heteroatoms. The van der Waals surface area contributed by atoms with E-state index in [0.29, 0.717) is 5.75 Å². The van der Waals surface area contributed by atoms with Crippen molar-refractivity contribution in [3.63, 3.8) is 0 Å². The van der Waals surface area contributed by atoms with Gasteiger partial charge in [0.05, 0.1) is 5.75 Å². The van der Waals surface area contributed by atoms with Crippen LogP contribution in [0.3, 0.4) is 0 Å². The molecule has 0 radical (unpaired) electrons. The SMILES string of the molecule is CCCCCCCc1nnc(SCC(=O)Nc2ccccc2)n1C. The number of hydrogen-bond acceptors (Lipinski definition) is 4. The van der Waals surface area contributed by atoms with Crippen LogP contribution < -0.4 is 5.32 Å². The van der Waals surface area contributed by atoms with E-state index in [0.717, 1.165) is 29.5 Å². The van der Waals surface area contributed by atoms with E-state index in [1.165, 1.54) is 37.4 Å². The average molecular weight is 347 g/mol. The molecule has 0 aliphatic rings. The molecule has 0 bridgehead atoms. The van der Waals surface area contributed by atoms with E-state index in [-0.39, 0.29) is 5.91 Å². The Labute approximate surface area is 148 Å². The van der Waals surface area contributed by atoms with Crippen LogP contribution in [0.1, 0.15) is 44.9 Å². The predicted octanol–water partition coefficient (Wildman–Crippen LogP) is 4.06. The lowest BCUT2D eigenvalue weighted by Crippen LogP contribution is -2.14. The average Bonchev–Trinajstić information content (AvgIpc) is 2.94. The van der Waals surface area contributed by atoms with Gasteiger partial charge < -0.3 is 9.88 Å². The van der Waals surface area contributed by atoms with Gasteiger partial charge in [0.2, 0.25) is 5.91 Å². The normalized spacial score (nSPS) is 10.8. The molecule has 0 atom stereocenters. The van der Waals surface area contributed by atoms with Crippen molar-refractivity contribution in [1.82, 2.24) is 14.8 Å². The maximum Gasteiger partial charge on any atom is 0.234 e. The number of unbranched alkanes of at least 4 members (excludes halogenated alkanes) is 4. The van der Waals surface area contributed by atoms with Crippen molar-refractivity contribution in [2.75, 3.05) is 11.1 Å². The van der Waals surface area contributed by atoms with Crippen LogP contribution in [0, 0.1) is 0 Å². The maximum atomic E-state index is 12.0. The largest absolute Gasteiger partial charge is 0.325 e. The van der Waals surface area contributed by atoms with Gasteiger partial charge in [0, 0.05) is 19.2 Å². The minimum Gasteiger partial charge on any atom is -0.325 e. The molecule has 0 fully saturated rings. The van der Waals surface area contributed by atoms with Crippen LogP contribution in [0.4, 0.5) is 5.69 Å². The first-order valence-electron chi connectivity index (χ1n) is 8.56. The summed E-state index contributed by atoms with van der Waals surface area (Å²) in [5.74, 6) is 1.30. The molecule has 24 heavy (non-hydrogen) atoms. The lowest BCUT2D eigenvalue weighted by atomic mass is 10.1. The summed E-state index contributed by atoms with van der Waals surface area (Å²) in [7, 11) is 1.97. The molecule has 2 rings (SSSR count). The van der Waals surface area contributed by atoms with Gasteiger partial charge >= 0.3 is 0 Å². The van der Waals surface area contributed by atoms with Crippen LogP contribution >= 0.6 is 11.8 Å².